The smallest absolute Gasteiger partial charge is 0.225 e. The van der Waals surface area contributed by atoms with Gasteiger partial charge < -0.3 is 15.0 Å². The van der Waals surface area contributed by atoms with E-state index in [0.717, 1.165) is 13.2 Å². The minimum Gasteiger partial charge on any atom is -0.378 e. The zero-order valence-electron chi connectivity index (χ0n) is 9.16. The number of hydrogen-bond acceptors (Lipinski definition) is 3. The van der Waals surface area contributed by atoms with Crippen LogP contribution < -0.4 is 5.32 Å². The Kier molecular flexibility index (Phi) is 5.16. The fourth-order valence-electron chi connectivity index (χ4n) is 1.58. The first-order valence-corrected chi connectivity index (χ1v) is 5.30. The van der Waals surface area contributed by atoms with Gasteiger partial charge in [0.05, 0.1) is 19.8 Å². The number of amides is 1. The lowest BCUT2D eigenvalue weighted by Crippen LogP contribution is -2.45. The van der Waals surface area contributed by atoms with E-state index < -0.39 is 0 Å². The van der Waals surface area contributed by atoms with Crippen molar-refractivity contribution < 1.29 is 9.53 Å². The SMILES string of the molecule is C#CCN(CC)C(=O)CC1COCCN1. The maximum Gasteiger partial charge on any atom is 0.225 e. The Balaban J connectivity index is 2.35. The summed E-state index contributed by atoms with van der Waals surface area (Å²) < 4.78 is 5.28. The van der Waals surface area contributed by atoms with Crippen molar-refractivity contribution in [3.63, 3.8) is 0 Å². The number of nitrogens with one attached hydrogen (secondary N) is 1. The van der Waals surface area contributed by atoms with Crippen molar-refractivity contribution >= 4 is 5.91 Å². The summed E-state index contributed by atoms with van der Waals surface area (Å²) in [7, 11) is 0. The van der Waals surface area contributed by atoms with Crippen LogP contribution in [0, 0.1) is 12.3 Å². The molecule has 1 atom stereocenters. The van der Waals surface area contributed by atoms with Gasteiger partial charge in [-0.25, -0.2) is 0 Å². The molecule has 0 aromatic carbocycles. The Bertz CT molecular complexity index is 241. The zero-order valence-corrected chi connectivity index (χ0v) is 9.16. The molecule has 0 radical (unpaired) electrons. The van der Waals surface area contributed by atoms with Crippen LogP contribution >= 0.6 is 0 Å². The number of morpholine rings is 1. The molecule has 0 spiro atoms. The molecular weight excluding hydrogens is 192 g/mol. The Morgan fingerprint density at radius 3 is 3.07 bits per heavy atom. The minimum absolute atomic E-state index is 0.0958. The monoisotopic (exact) mass is 210 g/mol. The van der Waals surface area contributed by atoms with E-state index in [2.05, 4.69) is 11.2 Å². The predicted molar refractivity (Wildman–Crippen MR) is 58.3 cm³/mol. The third-order valence-electron chi connectivity index (χ3n) is 2.44. The van der Waals surface area contributed by atoms with Crippen LogP contribution in [-0.4, -0.2) is 49.7 Å². The summed E-state index contributed by atoms with van der Waals surface area (Å²) in [6.45, 7) is 5.14. The van der Waals surface area contributed by atoms with Gasteiger partial charge in [-0.05, 0) is 6.92 Å². The minimum atomic E-state index is 0.0958. The third-order valence-corrected chi connectivity index (χ3v) is 2.44. The molecule has 1 saturated heterocycles. The van der Waals surface area contributed by atoms with Gasteiger partial charge in [-0.2, -0.15) is 0 Å². The summed E-state index contributed by atoms with van der Waals surface area (Å²) in [6.07, 6.45) is 5.66. The Labute approximate surface area is 91.0 Å². The molecule has 1 rings (SSSR count). The maximum atomic E-state index is 11.8. The van der Waals surface area contributed by atoms with E-state index >= 15 is 0 Å². The van der Waals surface area contributed by atoms with E-state index in [1.165, 1.54) is 0 Å². The molecular formula is C11H18N2O2. The first-order valence-electron chi connectivity index (χ1n) is 5.30. The number of rotatable bonds is 4. The van der Waals surface area contributed by atoms with Crippen molar-refractivity contribution in [3.8, 4) is 12.3 Å². The molecule has 0 bridgehead atoms. The standard InChI is InChI=1S/C11H18N2O2/c1-3-6-13(4-2)11(14)8-10-9-15-7-5-12-10/h1,10,12H,4-9H2,2H3. The molecule has 1 aliphatic heterocycles. The van der Waals surface area contributed by atoms with E-state index in [0.29, 0.717) is 26.1 Å². The normalized spacial score (nSPS) is 20.7. The van der Waals surface area contributed by atoms with Crippen LogP contribution in [0.25, 0.3) is 0 Å². The maximum absolute atomic E-state index is 11.8. The number of ether oxygens (including phenoxy) is 1. The average molecular weight is 210 g/mol. The molecule has 15 heavy (non-hydrogen) atoms. The highest BCUT2D eigenvalue weighted by Gasteiger charge is 2.19. The molecule has 0 saturated carbocycles. The van der Waals surface area contributed by atoms with Crippen LogP contribution in [0.1, 0.15) is 13.3 Å². The Morgan fingerprint density at radius 2 is 2.53 bits per heavy atom. The molecule has 1 heterocycles. The van der Waals surface area contributed by atoms with E-state index in [-0.39, 0.29) is 11.9 Å². The predicted octanol–water partition coefficient (Wildman–Crippen LogP) is -0.153. The fraction of sp³-hybridized carbons (Fsp3) is 0.727. The van der Waals surface area contributed by atoms with Crippen LogP contribution in [0.2, 0.25) is 0 Å². The van der Waals surface area contributed by atoms with Gasteiger partial charge in [0.25, 0.3) is 0 Å². The molecule has 1 amide bonds. The lowest BCUT2D eigenvalue weighted by Gasteiger charge is -2.26. The lowest BCUT2D eigenvalue weighted by molar-refractivity contribution is -0.131. The van der Waals surface area contributed by atoms with Gasteiger partial charge in [-0.1, -0.05) is 5.92 Å². The molecule has 1 fully saturated rings. The molecule has 0 aromatic rings. The van der Waals surface area contributed by atoms with E-state index in [4.69, 9.17) is 11.2 Å². The second-order valence-corrected chi connectivity index (χ2v) is 3.54. The summed E-state index contributed by atoms with van der Waals surface area (Å²) >= 11 is 0. The molecule has 1 unspecified atom stereocenters. The zero-order chi connectivity index (χ0) is 11.1. The van der Waals surface area contributed by atoms with Gasteiger partial charge in [0.1, 0.15) is 0 Å². The average Bonchev–Trinajstić information content (AvgIpc) is 2.27. The van der Waals surface area contributed by atoms with Crippen molar-refractivity contribution in [3.05, 3.63) is 0 Å². The van der Waals surface area contributed by atoms with Gasteiger partial charge in [0, 0.05) is 25.6 Å². The lowest BCUT2D eigenvalue weighted by atomic mass is 10.2. The molecule has 84 valence electrons. The molecule has 1 aliphatic rings. The number of carbonyl (C=O) groups is 1. The first-order chi connectivity index (χ1) is 7.27. The van der Waals surface area contributed by atoms with Crippen molar-refractivity contribution in [2.45, 2.75) is 19.4 Å². The summed E-state index contributed by atoms with van der Waals surface area (Å²) in [6, 6.07) is 0.137. The number of hydrogen-bond donors (Lipinski definition) is 1. The quantitative estimate of drug-likeness (QED) is 0.656. The highest BCUT2D eigenvalue weighted by molar-refractivity contribution is 5.77. The second-order valence-electron chi connectivity index (χ2n) is 3.54. The van der Waals surface area contributed by atoms with Crippen molar-refractivity contribution in [1.29, 1.82) is 0 Å². The van der Waals surface area contributed by atoms with Crippen LogP contribution in [0.5, 0.6) is 0 Å². The van der Waals surface area contributed by atoms with Gasteiger partial charge >= 0.3 is 0 Å². The van der Waals surface area contributed by atoms with Crippen molar-refractivity contribution in [1.82, 2.24) is 10.2 Å². The van der Waals surface area contributed by atoms with Crippen LogP contribution in [0.3, 0.4) is 0 Å². The Hall–Kier alpha value is -1.05. The van der Waals surface area contributed by atoms with Crippen LogP contribution in [0.15, 0.2) is 0 Å². The van der Waals surface area contributed by atoms with Gasteiger partial charge in [-0.15, -0.1) is 6.42 Å². The van der Waals surface area contributed by atoms with Crippen molar-refractivity contribution in [2.75, 3.05) is 32.8 Å². The second kappa shape index (κ2) is 6.44. The van der Waals surface area contributed by atoms with Gasteiger partial charge in [0.2, 0.25) is 5.91 Å². The molecule has 4 heteroatoms. The molecule has 0 aliphatic carbocycles. The van der Waals surface area contributed by atoms with E-state index in [9.17, 15) is 4.79 Å². The van der Waals surface area contributed by atoms with Crippen molar-refractivity contribution in [2.24, 2.45) is 0 Å². The van der Waals surface area contributed by atoms with Gasteiger partial charge in [-0.3, -0.25) is 4.79 Å². The number of terminal acetylenes is 1. The molecule has 0 aromatic heterocycles. The Morgan fingerprint density at radius 1 is 1.73 bits per heavy atom. The summed E-state index contributed by atoms with van der Waals surface area (Å²) in [5.41, 5.74) is 0. The highest BCUT2D eigenvalue weighted by atomic mass is 16.5. The first kappa shape index (κ1) is 12.0. The van der Waals surface area contributed by atoms with E-state index in [1.54, 1.807) is 4.90 Å². The summed E-state index contributed by atoms with van der Waals surface area (Å²) in [4.78, 5) is 13.4. The fourth-order valence-corrected chi connectivity index (χ4v) is 1.58. The van der Waals surface area contributed by atoms with Crippen LogP contribution in [0.4, 0.5) is 0 Å². The molecule has 4 nitrogen and oxygen atoms in total. The highest BCUT2D eigenvalue weighted by Crippen LogP contribution is 2.02. The van der Waals surface area contributed by atoms with E-state index in [1.807, 2.05) is 6.92 Å². The largest absolute Gasteiger partial charge is 0.378 e. The number of carbonyl (C=O) groups excluding carboxylic acids is 1. The molecule has 1 N–H and O–H groups in total. The third kappa shape index (κ3) is 3.90. The summed E-state index contributed by atoms with van der Waals surface area (Å²) in [5.74, 6) is 2.59. The number of nitrogens with zero attached hydrogens (tertiary/aromatic N) is 1. The topological polar surface area (TPSA) is 41.6 Å². The summed E-state index contributed by atoms with van der Waals surface area (Å²) in [5, 5.41) is 3.25. The van der Waals surface area contributed by atoms with Crippen LogP contribution in [-0.2, 0) is 9.53 Å². The van der Waals surface area contributed by atoms with Gasteiger partial charge in [0.15, 0.2) is 0 Å².